The van der Waals surface area contributed by atoms with Gasteiger partial charge in [-0.15, -0.1) is 11.3 Å². The van der Waals surface area contributed by atoms with Crippen molar-refractivity contribution in [3.8, 4) is 11.8 Å². The van der Waals surface area contributed by atoms with Crippen LogP contribution in [0.15, 0.2) is 95.5 Å². The summed E-state index contributed by atoms with van der Waals surface area (Å²) >= 11 is 1.37. The molecule has 2 heterocycles. The van der Waals surface area contributed by atoms with E-state index in [-0.39, 0.29) is 11.5 Å². The number of rotatable bonds is 5. The van der Waals surface area contributed by atoms with Crippen molar-refractivity contribution in [3.05, 3.63) is 112 Å². The molecule has 0 aliphatic rings. The third kappa shape index (κ3) is 5.78. The van der Waals surface area contributed by atoms with Gasteiger partial charge in [0.15, 0.2) is 0 Å². The molecule has 0 spiro atoms. The molecule has 1 atom stereocenters. The highest BCUT2D eigenvalue weighted by Gasteiger charge is 2.14. The van der Waals surface area contributed by atoms with Crippen LogP contribution in [0.4, 0.5) is 5.69 Å². The first kappa shape index (κ1) is 23.0. The van der Waals surface area contributed by atoms with Crippen molar-refractivity contribution >= 4 is 44.4 Å². The molecule has 0 aliphatic heterocycles. The number of nitrogens with one attached hydrogen (secondary N) is 2. The van der Waals surface area contributed by atoms with E-state index in [2.05, 4.69) is 32.7 Å². The summed E-state index contributed by atoms with van der Waals surface area (Å²) in [5, 5.41) is 4.69. The fourth-order valence-electron chi connectivity index (χ4n) is 2.96. The summed E-state index contributed by atoms with van der Waals surface area (Å²) in [5.74, 6) is 8.91. The standard InChI is InChI=1S/C26H19N3O3S2/c1-34(32,23-9-3-2-4-10-23)29-25(30)21-15-20(17-27-18-21)13-12-19-7-5-8-22(16-19)28-26(31)24-11-6-14-33-24/h2-11,14-18H,1H2,(H,28,31)(H,29,30,32). The molecule has 4 rings (SSSR count). The predicted octanol–water partition coefficient (Wildman–Crippen LogP) is 4.22. The first-order chi connectivity index (χ1) is 16.4. The van der Waals surface area contributed by atoms with Crippen molar-refractivity contribution in [2.24, 2.45) is 0 Å². The lowest BCUT2D eigenvalue weighted by molar-refractivity contribution is 0.0980. The van der Waals surface area contributed by atoms with Crippen LogP contribution in [0.5, 0.6) is 0 Å². The van der Waals surface area contributed by atoms with E-state index in [9.17, 15) is 13.8 Å². The van der Waals surface area contributed by atoms with Gasteiger partial charge in [-0.3, -0.25) is 19.3 Å². The van der Waals surface area contributed by atoms with Gasteiger partial charge in [0.25, 0.3) is 11.8 Å². The number of carbonyl (C=O) groups excluding carboxylic acids is 2. The number of aromatic nitrogens is 1. The Labute approximate surface area is 201 Å². The van der Waals surface area contributed by atoms with E-state index in [1.165, 1.54) is 23.7 Å². The molecule has 2 aromatic heterocycles. The molecule has 34 heavy (non-hydrogen) atoms. The number of thiophene rings is 1. The Hall–Kier alpha value is -4.19. The monoisotopic (exact) mass is 485 g/mol. The quantitative estimate of drug-likeness (QED) is 0.327. The number of nitrogens with zero attached hydrogens (tertiary/aromatic N) is 1. The summed E-state index contributed by atoms with van der Waals surface area (Å²) in [4.78, 5) is 30.0. The van der Waals surface area contributed by atoms with Gasteiger partial charge in [0.1, 0.15) is 0 Å². The van der Waals surface area contributed by atoms with Crippen LogP contribution in [0.1, 0.15) is 31.2 Å². The first-order valence-electron chi connectivity index (χ1n) is 10.1. The van der Waals surface area contributed by atoms with Crippen molar-refractivity contribution in [2.75, 3.05) is 5.32 Å². The number of anilines is 1. The fraction of sp³-hybridized carbons (Fsp3) is 0. The van der Waals surface area contributed by atoms with Crippen LogP contribution in [0.3, 0.4) is 0 Å². The second kappa shape index (κ2) is 10.2. The van der Waals surface area contributed by atoms with Gasteiger partial charge >= 0.3 is 0 Å². The summed E-state index contributed by atoms with van der Waals surface area (Å²) in [5.41, 5.74) is 2.04. The first-order valence-corrected chi connectivity index (χ1v) is 12.7. The molecule has 0 fully saturated rings. The molecule has 6 nitrogen and oxygen atoms in total. The third-order valence-corrected chi connectivity index (χ3v) is 7.02. The third-order valence-electron chi connectivity index (χ3n) is 4.60. The second-order valence-corrected chi connectivity index (χ2v) is 10.1. The molecule has 0 saturated carbocycles. The number of hydrogen-bond acceptors (Lipinski definition) is 5. The van der Waals surface area contributed by atoms with Crippen molar-refractivity contribution in [1.29, 1.82) is 0 Å². The minimum atomic E-state index is -3.00. The lowest BCUT2D eigenvalue weighted by Gasteiger charge is -2.11. The maximum absolute atomic E-state index is 12.8. The smallest absolute Gasteiger partial charge is 0.265 e. The molecule has 8 heteroatoms. The summed E-state index contributed by atoms with van der Waals surface area (Å²) < 4.78 is 15.3. The SMILES string of the molecule is C=S(=O)(NC(=O)c1cncc(C#Cc2cccc(NC(=O)c3cccs3)c2)c1)c1ccccc1. The van der Waals surface area contributed by atoms with Gasteiger partial charge in [0.2, 0.25) is 0 Å². The van der Waals surface area contributed by atoms with Crippen LogP contribution in [-0.4, -0.2) is 26.9 Å². The Morgan fingerprint density at radius 3 is 2.44 bits per heavy atom. The van der Waals surface area contributed by atoms with E-state index in [1.54, 1.807) is 60.7 Å². The zero-order chi connectivity index (χ0) is 24.0. The Morgan fingerprint density at radius 2 is 1.68 bits per heavy atom. The van der Waals surface area contributed by atoms with Crippen LogP contribution in [0, 0.1) is 11.8 Å². The lowest BCUT2D eigenvalue weighted by Crippen LogP contribution is -2.30. The highest BCUT2D eigenvalue weighted by molar-refractivity contribution is 7.99. The maximum atomic E-state index is 12.8. The molecule has 1 unspecified atom stereocenters. The van der Waals surface area contributed by atoms with Gasteiger partial charge in [0.05, 0.1) is 20.1 Å². The normalized spacial score (nSPS) is 12.0. The summed E-state index contributed by atoms with van der Waals surface area (Å²) in [6, 6.07) is 20.8. The van der Waals surface area contributed by atoms with E-state index in [0.717, 1.165) is 0 Å². The van der Waals surface area contributed by atoms with Crippen LogP contribution < -0.4 is 10.0 Å². The molecule has 4 aromatic rings. The van der Waals surface area contributed by atoms with Crippen molar-refractivity contribution in [1.82, 2.24) is 9.71 Å². The van der Waals surface area contributed by atoms with Crippen LogP contribution in [0.25, 0.3) is 0 Å². The molecule has 0 saturated heterocycles. The Bertz CT molecular complexity index is 1500. The molecule has 0 radical (unpaired) electrons. The van der Waals surface area contributed by atoms with E-state index < -0.39 is 15.6 Å². The topological polar surface area (TPSA) is 88.2 Å². The summed E-state index contributed by atoms with van der Waals surface area (Å²) in [6.45, 7) is 0. The van der Waals surface area contributed by atoms with E-state index >= 15 is 0 Å². The van der Waals surface area contributed by atoms with Crippen molar-refractivity contribution < 1.29 is 13.8 Å². The molecule has 0 aliphatic carbocycles. The van der Waals surface area contributed by atoms with Gasteiger partial charge in [-0.25, -0.2) is 4.21 Å². The van der Waals surface area contributed by atoms with Gasteiger partial charge in [0, 0.05) is 34.1 Å². The molecule has 2 N–H and O–H groups in total. The number of carbonyl (C=O) groups is 2. The van der Waals surface area contributed by atoms with Crippen molar-refractivity contribution in [3.63, 3.8) is 0 Å². The molecule has 0 bridgehead atoms. The zero-order valence-electron chi connectivity index (χ0n) is 17.9. The minimum absolute atomic E-state index is 0.180. The van der Waals surface area contributed by atoms with Crippen molar-refractivity contribution in [2.45, 2.75) is 4.90 Å². The number of pyridine rings is 1. The Morgan fingerprint density at radius 1 is 0.882 bits per heavy atom. The summed E-state index contributed by atoms with van der Waals surface area (Å²) in [6.07, 6.45) is 2.91. The predicted molar refractivity (Wildman–Crippen MR) is 136 cm³/mol. The molecular weight excluding hydrogens is 466 g/mol. The fourth-order valence-corrected chi connectivity index (χ4v) is 4.71. The molecule has 168 valence electrons. The van der Waals surface area contributed by atoms with Crippen LogP contribution >= 0.6 is 11.3 Å². The molecular formula is C26H19N3O3S2. The highest BCUT2D eigenvalue weighted by atomic mass is 32.2. The van der Waals surface area contributed by atoms with E-state index in [1.807, 2.05) is 17.5 Å². The average molecular weight is 486 g/mol. The van der Waals surface area contributed by atoms with Gasteiger partial charge < -0.3 is 5.32 Å². The Balaban J connectivity index is 1.48. The molecule has 2 aromatic carbocycles. The lowest BCUT2D eigenvalue weighted by atomic mass is 10.1. The minimum Gasteiger partial charge on any atom is -0.321 e. The number of amides is 2. The highest BCUT2D eigenvalue weighted by Crippen LogP contribution is 2.15. The summed E-state index contributed by atoms with van der Waals surface area (Å²) in [7, 11) is -3.00. The van der Waals surface area contributed by atoms with Gasteiger partial charge in [-0.1, -0.05) is 42.2 Å². The van der Waals surface area contributed by atoms with Crippen LogP contribution in [0.2, 0.25) is 0 Å². The van der Waals surface area contributed by atoms with Crippen LogP contribution in [-0.2, 0) is 9.71 Å². The van der Waals surface area contributed by atoms with E-state index in [0.29, 0.717) is 26.6 Å². The molecule has 2 amide bonds. The largest absolute Gasteiger partial charge is 0.321 e. The van der Waals surface area contributed by atoms with Gasteiger partial charge in [-0.05, 0) is 53.7 Å². The zero-order valence-corrected chi connectivity index (χ0v) is 19.5. The van der Waals surface area contributed by atoms with E-state index in [4.69, 9.17) is 0 Å². The maximum Gasteiger partial charge on any atom is 0.265 e. The van der Waals surface area contributed by atoms with Gasteiger partial charge in [-0.2, -0.15) is 0 Å². The number of benzene rings is 2. The second-order valence-electron chi connectivity index (χ2n) is 7.14. The average Bonchev–Trinajstić information content (AvgIpc) is 3.39. The Kier molecular flexibility index (Phi) is 6.87. The number of hydrogen-bond donors (Lipinski definition) is 2.